The van der Waals surface area contributed by atoms with E-state index in [0.29, 0.717) is 19.0 Å². The van der Waals surface area contributed by atoms with Crippen LogP contribution in [0.3, 0.4) is 0 Å². The molecule has 0 unspecified atom stereocenters. The van der Waals surface area contributed by atoms with Gasteiger partial charge in [-0.2, -0.15) is 0 Å². The highest BCUT2D eigenvalue weighted by Crippen LogP contribution is 2.13. The van der Waals surface area contributed by atoms with E-state index in [9.17, 15) is 4.79 Å². The minimum Gasteiger partial charge on any atom is -0.354 e. The summed E-state index contributed by atoms with van der Waals surface area (Å²) in [4.78, 5) is 16.4. The van der Waals surface area contributed by atoms with Gasteiger partial charge in [0.25, 0.3) is 0 Å². The van der Waals surface area contributed by atoms with Gasteiger partial charge in [0.1, 0.15) is 6.54 Å². The van der Waals surface area contributed by atoms with Crippen LogP contribution in [-0.2, 0) is 11.3 Å². The van der Waals surface area contributed by atoms with Crippen molar-refractivity contribution in [2.45, 2.75) is 19.4 Å². The lowest BCUT2D eigenvalue weighted by molar-refractivity contribution is -0.121. The molecule has 0 radical (unpaired) electrons. The monoisotopic (exact) mass is 293 g/mol. The van der Waals surface area contributed by atoms with E-state index in [4.69, 9.17) is 0 Å². The SMILES string of the molecule is C[C@@H](CNC(=O)Cn1cnc2ccccc21)c1ccccc1. The third-order valence-electron chi connectivity index (χ3n) is 3.82. The third-order valence-corrected chi connectivity index (χ3v) is 3.82. The molecule has 22 heavy (non-hydrogen) atoms. The average Bonchev–Trinajstić information content (AvgIpc) is 2.97. The molecular formula is C18H19N3O. The Labute approximate surface area is 129 Å². The Bertz CT molecular complexity index is 764. The summed E-state index contributed by atoms with van der Waals surface area (Å²) in [5.41, 5.74) is 3.12. The van der Waals surface area contributed by atoms with E-state index in [-0.39, 0.29) is 5.91 Å². The standard InChI is InChI=1S/C18H19N3O/c1-14(15-7-3-2-4-8-15)11-19-18(22)12-21-13-20-16-9-5-6-10-17(16)21/h2-10,13-14H,11-12H2,1H3,(H,19,22)/t14-/m0/s1. The number of carbonyl (C=O) groups is 1. The summed E-state index contributed by atoms with van der Waals surface area (Å²) in [7, 11) is 0. The minimum absolute atomic E-state index is 0.00549. The van der Waals surface area contributed by atoms with Crippen molar-refractivity contribution in [2.75, 3.05) is 6.54 Å². The molecule has 0 aliphatic rings. The van der Waals surface area contributed by atoms with Gasteiger partial charge in [0.15, 0.2) is 0 Å². The van der Waals surface area contributed by atoms with Crippen LogP contribution in [-0.4, -0.2) is 22.0 Å². The molecule has 4 nitrogen and oxygen atoms in total. The zero-order chi connectivity index (χ0) is 15.4. The fourth-order valence-corrected chi connectivity index (χ4v) is 2.51. The fraction of sp³-hybridized carbons (Fsp3) is 0.222. The fourth-order valence-electron chi connectivity index (χ4n) is 2.51. The predicted octanol–water partition coefficient (Wildman–Crippen LogP) is 2.96. The second-order valence-electron chi connectivity index (χ2n) is 5.48. The number of nitrogens with zero attached hydrogens (tertiary/aromatic N) is 2. The van der Waals surface area contributed by atoms with E-state index >= 15 is 0 Å². The quantitative estimate of drug-likeness (QED) is 0.786. The number of nitrogens with one attached hydrogen (secondary N) is 1. The van der Waals surface area contributed by atoms with Crippen molar-refractivity contribution >= 4 is 16.9 Å². The van der Waals surface area contributed by atoms with E-state index in [1.807, 2.05) is 47.0 Å². The lowest BCUT2D eigenvalue weighted by atomic mass is 10.0. The van der Waals surface area contributed by atoms with Gasteiger partial charge in [-0.05, 0) is 23.6 Å². The number of hydrogen-bond acceptors (Lipinski definition) is 2. The molecule has 0 fully saturated rings. The summed E-state index contributed by atoms with van der Waals surface area (Å²) in [5.74, 6) is 0.301. The van der Waals surface area contributed by atoms with Gasteiger partial charge >= 0.3 is 0 Å². The normalized spacial score (nSPS) is 12.2. The molecule has 3 rings (SSSR count). The number of hydrogen-bond donors (Lipinski definition) is 1. The van der Waals surface area contributed by atoms with Crippen LogP contribution in [0.2, 0.25) is 0 Å². The second kappa shape index (κ2) is 6.43. The Morgan fingerprint density at radius 3 is 2.68 bits per heavy atom. The van der Waals surface area contributed by atoms with E-state index < -0.39 is 0 Å². The first-order valence-corrected chi connectivity index (χ1v) is 7.45. The Balaban J connectivity index is 1.59. The van der Waals surface area contributed by atoms with Crippen LogP contribution >= 0.6 is 0 Å². The molecule has 0 spiro atoms. The molecule has 112 valence electrons. The number of carbonyl (C=O) groups excluding carboxylic acids is 1. The molecule has 3 aromatic rings. The number of aromatic nitrogens is 2. The van der Waals surface area contributed by atoms with Crippen molar-refractivity contribution in [1.82, 2.24) is 14.9 Å². The van der Waals surface area contributed by atoms with Crippen molar-refractivity contribution in [1.29, 1.82) is 0 Å². The summed E-state index contributed by atoms with van der Waals surface area (Å²) < 4.78 is 1.87. The smallest absolute Gasteiger partial charge is 0.240 e. The molecular weight excluding hydrogens is 274 g/mol. The van der Waals surface area contributed by atoms with Gasteiger partial charge in [-0.25, -0.2) is 4.98 Å². The van der Waals surface area contributed by atoms with E-state index in [1.165, 1.54) is 5.56 Å². The van der Waals surface area contributed by atoms with Crippen molar-refractivity contribution in [2.24, 2.45) is 0 Å². The van der Waals surface area contributed by atoms with Gasteiger partial charge in [0.2, 0.25) is 5.91 Å². The maximum absolute atomic E-state index is 12.1. The highest BCUT2D eigenvalue weighted by molar-refractivity contribution is 5.80. The van der Waals surface area contributed by atoms with Gasteiger partial charge in [0.05, 0.1) is 17.4 Å². The Hall–Kier alpha value is -2.62. The number of benzene rings is 2. The first-order valence-electron chi connectivity index (χ1n) is 7.45. The minimum atomic E-state index is 0.00549. The lowest BCUT2D eigenvalue weighted by Crippen LogP contribution is -2.30. The highest BCUT2D eigenvalue weighted by atomic mass is 16.1. The largest absolute Gasteiger partial charge is 0.354 e. The van der Waals surface area contributed by atoms with Crippen LogP contribution in [0.25, 0.3) is 11.0 Å². The highest BCUT2D eigenvalue weighted by Gasteiger charge is 2.09. The average molecular weight is 293 g/mol. The van der Waals surface area contributed by atoms with Crippen LogP contribution < -0.4 is 5.32 Å². The number of imidazole rings is 1. The molecule has 0 aliphatic carbocycles. The molecule has 0 bridgehead atoms. The van der Waals surface area contributed by atoms with Crippen LogP contribution in [0.1, 0.15) is 18.4 Å². The van der Waals surface area contributed by atoms with E-state index in [2.05, 4.69) is 29.4 Å². The lowest BCUT2D eigenvalue weighted by Gasteiger charge is -2.13. The molecule has 1 N–H and O–H groups in total. The van der Waals surface area contributed by atoms with E-state index in [0.717, 1.165) is 11.0 Å². The van der Waals surface area contributed by atoms with Gasteiger partial charge < -0.3 is 9.88 Å². The third kappa shape index (κ3) is 3.17. The molecule has 1 amide bonds. The number of amides is 1. The first kappa shape index (κ1) is 14.3. The molecule has 2 aromatic carbocycles. The van der Waals surface area contributed by atoms with Crippen LogP contribution in [0.15, 0.2) is 60.9 Å². The maximum atomic E-state index is 12.1. The van der Waals surface area contributed by atoms with Gasteiger partial charge in [-0.1, -0.05) is 49.4 Å². The summed E-state index contributed by atoms with van der Waals surface area (Å²) in [6.45, 7) is 3.04. The molecule has 1 heterocycles. The second-order valence-corrected chi connectivity index (χ2v) is 5.48. The number of fused-ring (bicyclic) bond motifs is 1. The summed E-state index contributed by atoms with van der Waals surface area (Å²) in [6, 6.07) is 18.0. The van der Waals surface area contributed by atoms with E-state index in [1.54, 1.807) is 6.33 Å². The molecule has 1 atom stereocenters. The van der Waals surface area contributed by atoms with Gasteiger partial charge in [-0.3, -0.25) is 4.79 Å². The zero-order valence-electron chi connectivity index (χ0n) is 12.6. The molecule has 0 saturated heterocycles. The maximum Gasteiger partial charge on any atom is 0.240 e. The first-order chi connectivity index (χ1) is 10.7. The van der Waals surface area contributed by atoms with Crippen LogP contribution in [0.5, 0.6) is 0 Å². The topological polar surface area (TPSA) is 46.9 Å². The zero-order valence-corrected chi connectivity index (χ0v) is 12.6. The summed E-state index contributed by atoms with van der Waals surface area (Å²) in [5, 5.41) is 3.00. The van der Waals surface area contributed by atoms with Crippen molar-refractivity contribution in [3.8, 4) is 0 Å². The Morgan fingerprint density at radius 2 is 1.86 bits per heavy atom. The summed E-state index contributed by atoms with van der Waals surface area (Å²) >= 11 is 0. The predicted molar refractivity (Wildman–Crippen MR) is 87.6 cm³/mol. The van der Waals surface area contributed by atoms with Crippen molar-refractivity contribution in [3.05, 3.63) is 66.5 Å². The molecule has 4 heteroatoms. The molecule has 1 aromatic heterocycles. The van der Waals surface area contributed by atoms with Gasteiger partial charge in [-0.15, -0.1) is 0 Å². The number of rotatable bonds is 5. The van der Waals surface area contributed by atoms with Gasteiger partial charge in [0, 0.05) is 6.54 Å². The molecule has 0 aliphatic heterocycles. The van der Waals surface area contributed by atoms with Crippen LogP contribution in [0.4, 0.5) is 0 Å². The van der Waals surface area contributed by atoms with Crippen LogP contribution in [0, 0.1) is 0 Å². The summed E-state index contributed by atoms with van der Waals surface area (Å²) in [6.07, 6.45) is 1.71. The van der Waals surface area contributed by atoms with Crippen molar-refractivity contribution < 1.29 is 4.79 Å². The number of para-hydroxylation sites is 2. The molecule has 0 saturated carbocycles. The Kier molecular flexibility index (Phi) is 4.19. The van der Waals surface area contributed by atoms with Crippen molar-refractivity contribution in [3.63, 3.8) is 0 Å². The Morgan fingerprint density at radius 1 is 1.14 bits per heavy atom.